The Morgan fingerprint density at radius 3 is 2.94 bits per heavy atom. The van der Waals surface area contributed by atoms with Crippen LogP contribution < -0.4 is 10.5 Å². The Morgan fingerprint density at radius 2 is 2.35 bits per heavy atom. The minimum absolute atomic E-state index is 0.0103. The van der Waals surface area contributed by atoms with E-state index < -0.39 is 0 Å². The van der Waals surface area contributed by atoms with E-state index in [9.17, 15) is 0 Å². The molecular weight excluding hydrogens is 218 g/mol. The molecule has 0 radical (unpaired) electrons. The van der Waals surface area contributed by atoms with Gasteiger partial charge in [0.1, 0.15) is 11.9 Å². The minimum atomic E-state index is -0.0103. The van der Waals surface area contributed by atoms with Crippen molar-refractivity contribution in [2.75, 3.05) is 13.2 Å². The van der Waals surface area contributed by atoms with E-state index in [2.05, 4.69) is 4.98 Å². The van der Waals surface area contributed by atoms with Crippen LogP contribution in [0.4, 0.5) is 0 Å². The summed E-state index contributed by atoms with van der Waals surface area (Å²) in [4.78, 5) is 4.32. The summed E-state index contributed by atoms with van der Waals surface area (Å²) in [6.45, 7) is 5.09. The molecule has 1 aliphatic rings. The Hall–Kier alpha value is -1.62. The summed E-state index contributed by atoms with van der Waals surface area (Å²) in [5, 5.41) is 7.59. The van der Waals surface area contributed by atoms with Crippen LogP contribution in [0.1, 0.15) is 23.2 Å². The summed E-state index contributed by atoms with van der Waals surface area (Å²) in [7, 11) is 0. The van der Waals surface area contributed by atoms with Crippen molar-refractivity contribution in [3.63, 3.8) is 0 Å². The van der Waals surface area contributed by atoms with Crippen molar-refractivity contribution >= 4 is 5.84 Å². The lowest BCUT2D eigenvalue weighted by molar-refractivity contribution is 0.137. The van der Waals surface area contributed by atoms with Crippen LogP contribution in [0, 0.1) is 19.3 Å². The number of nitrogens with one attached hydrogen (secondary N) is 1. The number of nitrogens with zero attached hydrogens (tertiary/aromatic N) is 1. The Bertz CT molecular complexity index is 440. The van der Waals surface area contributed by atoms with E-state index in [1.54, 1.807) is 0 Å². The number of hydrogen-bond donors (Lipinski definition) is 2. The lowest BCUT2D eigenvalue weighted by atomic mass is 10.1. The first-order chi connectivity index (χ1) is 8.08. The summed E-state index contributed by atoms with van der Waals surface area (Å²) in [5.74, 6) is 0.439. The number of aryl methyl sites for hydroxylation is 2. The van der Waals surface area contributed by atoms with E-state index in [1.165, 1.54) is 0 Å². The van der Waals surface area contributed by atoms with Crippen LogP contribution in [0.2, 0.25) is 0 Å². The van der Waals surface area contributed by atoms with E-state index in [0.29, 0.717) is 24.7 Å². The first-order valence-corrected chi connectivity index (χ1v) is 5.65. The molecule has 0 saturated carbocycles. The normalized spacial score (nSPS) is 19.3. The Balaban J connectivity index is 2.32. The third-order valence-corrected chi connectivity index (χ3v) is 2.75. The highest BCUT2D eigenvalue weighted by atomic mass is 16.5. The molecule has 2 heterocycles. The van der Waals surface area contributed by atoms with Crippen molar-refractivity contribution in [2.45, 2.75) is 26.4 Å². The quantitative estimate of drug-likeness (QED) is 0.608. The molecule has 0 amide bonds. The molecule has 1 aromatic heterocycles. The standard InChI is InChI=1S/C12H17N3O2/c1-7-5-8(2)15-12(10(7)11(13)14)17-9-3-4-16-6-9/h5,9H,3-4,6H2,1-2H3,(H3,13,14). The summed E-state index contributed by atoms with van der Waals surface area (Å²) < 4.78 is 11.0. The van der Waals surface area contributed by atoms with Gasteiger partial charge in [-0.05, 0) is 25.5 Å². The number of pyridine rings is 1. The van der Waals surface area contributed by atoms with Crippen LogP contribution in [0.5, 0.6) is 5.88 Å². The fourth-order valence-corrected chi connectivity index (χ4v) is 1.98. The highest BCUT2D eigenvalue weighted by Gasteiger charge is 2.21. The highest BCUT2D eigenvalue weighted by Crippen LogP contribution is 2.23. The largest absolute Gasteiger partial charge is 0.471 e. The zero-order chi connectivity index (χ0) is 12.4. The van der Waals surface area contributed by atoms with Crippen LogP contribution in [0.15, 0.2) is 6.07 Å². The van der Waals surface area contributed by atoms with Gasteiger partial charge in [0.05, 0.1) is 18.8 Å². The van der Waals surface area contributed by atoms with Gasteiger partial charge in [-0.2, -0.15) is 0 Å². The number of aromatic nitrogens is 1. The lowest BCUT2D eigenvalue weighted by Crippen LogP contribution is -2.22. The Labute approximate surface area is 100 Å². The summed E-state index contributed by atoms with van der Waals surface area (Å²) in [6, 6.07) is 1.90. The third-order valence-electron chi connectivity index (χ3n) is 2.75. The van der Waals surface area contributed by atoms with E-state index in [4.69, 9.17) is 20.6 Å². The minimum Gasteiger partial charge on any atom is -0.471 e. The molecule has 92 valence electrons. The molecule has 0 aromatic carbocycles. The first-order valence-electron chi connectivity index (χ1n) is 5.65. The van der Waals surface area contributed by atoms with E-state index >= 15 is 0 Å². The number of rotatable bonds is 3. The molecule has 5 nitrogen and oxygen atoms in total. The van der Waals surface area contributed by atoms with Crippen molar-refractivity contribution in [3.8, 4) is 5.88 Å². The first kappa shape index (κ1) is 11.9. The molecule has 17 heavy (non-hydrogen) atoms. The SMILES string of the molecule is Cc1cc(C)c(C(=N)N)c(OC2CCOC2)n1. The molecule has 1 atom stereocenters. The van der Waals surface area contributed by atoms with E-state index in [0.717, 1.165) is 17.7 Å². The van der Waals surface area contributed by atoms with Crippen molar-refractivity contribution in [3.05, 3.63) is 22.9 Å². The predicted molar refractivity (Wildman–Crippen MR) is 64.6 cm³/mol. The van der Waals surface area contributed by atoms with Gasteiger partial charge in [-0.3, -0.25) is 5.41 Å². The molecule has 1 fully saturated rings. The third kappa shape index (κ3) is 2.55. The molecule has 2 rings (SSSR count). The Morgan fingerprint density at radius 1 is 1.59 bits per heavy atom. The maximum absolute atomic E-state index is 7.59. The van der Waals surface area contributed by atoms with Crippen LogP contribution in [0.3, 0.4) is 0 Å². The zero-order valence-electron chi connectivity index (χ0n) is 10.1. The average molecular weight is 235 g/mol. The number of ether oxygens (including phenoxy) is 2. The molecule has 1 unspecified atom stereocenters. The van der Waals surface area contributed by atoms with Gasteiger partial charge in [-0.1, -0.05) is 0 Å². The van der Waals surface area contributed by atoms with Gasteiger partial charge in [0.25, 0.3) is 0 Å². The fraction of sp³-hybridized carbons (Fsp3) is 0.500. The van der Waals surface area contributed by atoms with Crippen molar-refractivity contribution in [1.82, 2.24) is 4.98 Å². The topological polar surface area (TPSA) is 81.2 Å². The molecule has 1 aromatic rings. The molecule has 0 aliphatic carbocycles. The van der Waals surface area contributed by atoms with Gasteiger partial charge < -0.3 is 15.2 Å². The van der Waals surface area contributed by atoms with Gasteiger partial charge in [-0.25, -0.2) is 4.98 Å². The van der Waals surface area contributed by atoms with E-state index in [1.807, 2.05) is 19.9 Å². The van der Waals surface area contributed by atoms with Crippen molar-refractivity contribution in [1.29, 1.82) is 5.41 Å². The number of amidine groups is 1. The second-order valence-electron chi connectivity index (χ2n) is 4.28. The van der Waals surface area contributed by atoms with Gasteiger partial charge in [-0.15, -0.1) is 0 Å². The van der Waals surface area contributed by atoms with Crippen LogP contribution in [0.25, 0.3) is 0 Å². The van der Waals surface area contributed by atoms with Gasteiger partial charge >= 0.3 is 0 Å². The maximum atomic E-state index is 7.59. The number of hydrogen-bond acceptors (Lipinski definition) is 4. The molecule has 0 bridgehead atoms. The van der Waals surface area contributed by atoms with Crippen LogP contribution >= 0.6 is 0 Å². The maximum Gasteiger partial charge on any atom is 0.225 e. The molecular formula is C12H17N3O2. The molecule has 1 saturated heterocycles. The lowest BCUT2D eigenvalue weighted by Gasteiger charge is -2.16. The van der Waals surface area contributed by atoms with Gasteiger partial charge in [0.2, 0.25) is 5.88 Å². The average Bonchev–Trinajstić information content (AvgIpc) is 2.68. The number of nitrogen functional groups attached to an aromatic ring is 1. The zero-order valence-corrected chi connectivity index (χ0v) is 10.1. The van der Waals surface area contributed by atoms with Crippen molar-refractivity contribution in [2.24, 2.45) is 5.73 Å². The summed E-state index contributed by atoms with van der Waals surface area (Å²) in [6.07, 6.45) is 0.869. The Kier molecular flexibility index (Phi) is 3.28. The molecule has 1 aliphatic heterocycles. The summed E-state index contributed by atoms with van der Waals surface area (Å²) >= 11 is 0. The van der Waals surface area contributed by atoms with Crippen LogP contribution in [-0.2, 0) is 4.74 Å². The smallest absolute Gasteiger partial charge is 0.225 e. The second kappa shape index (κ2) is 4.71. The molecule has 3 N–H and O–H groups in total. The second-order valence-corrected chi connectivity index (χ2v) is 4.28. The monoisotopic (exact) mass is 235 g/mol. The predicted octanol–water partition coefficient (Wildman–Crippen LogP) is 1.15. The van der Waals surface area contributed by atoms with Gasteiger partial charge in [0.15, 0.2) is 0 Å². The van der Waals surface area contributed by atoms with Crippen LogP contribution in [-0.4, -0.2) is 30.1 Å². The number of nitrogens with two attached hydrogens (primary N) is 1. The highest BCUT2D eigenvalue weighted by molar-refractivity contribution is 5.98. The van der Waals surface area contributed by atoms with E-state index in [-0.39, 0.29) is 11.9 Å². The molecule has 5 heteroatoms. The van der Waals surface area contributed by atoms with Gasteiger partial charge in [0, 0.05) is 12.1 Å². The molecule has 0 spiro atoms. The fourth-order valence-electron chi connectivity index (χ4n) is 1.98. The summed E-state index contributed by atoms with van der Waals surface area (Å²) in [5.41, 5.74) is 7.94. The van der Waals surface area contributed by atoms with Crippen molar-refractivity contribution < 1.29 is 9.47 Å².